The molecule has 0 rings (SSSR count). The van der Waals surface area contributed by atoms with E-state index in [9.17, 15) is 9.59 Å². The molecule has 94 valence electrons. The molecule has 0 aromatic rings. The molecule has 0 amide bonds. The minimum Gasteiger partial charge on any atom is -0.481 e. The van der Waals surface area contributed by atoms with Gasteiger partial charge in [0.15, 0.2) is 0 Å². The number of unbranched alkanes of at least 4 members (excludes halogenated alkanes) is 3. The molecule has 0 fully saturated rings. The van der Waals surface area contributed by atoms with Crippen molar-refractivity contribution < 1.29 is 19.8 Å². The predicted molar refractivity (Wildman–Crippen MR) is 60.4 cm³/mol. The minimum atomic E-state index is -0.955. The molecule has 0 aliphatic carbocycles. The zero-order valence-electron chi connectivity index (χ0n) is 9.74. The first-order chi connectivity index (χ1) is 7.56. The lowest BCUT2D eigenvalue weighted by molar-refractivity contribution is -0.139. The quantitative estimate of drug-likeness (QED) is 0.496. The normalized spacial score (nSPS) is 12.3. The third-order valence-corrected chi connectivity index (χ3v) is 2.37. The molecule has 0 aromatic heterocycles. The number of carboxylic acids is 2. The maximum atomic E-state index is 10.6. The van der Waals surface area contributed by atoms with Gasteiger partial charge in [-0.2, -0.15) is 0 Å². The van der Waals surface area contributed by atoms with Gasteiger partial charge in [-0.3, -0.25) is 9.59 Å². The molecule has 0 spiro atoms. The first kappa shape index (κ1) is 14.9. The Morgan fingerprint density at radius 3 is 2.31 bits per heavy atom. The van der Waals surface area contributed by atoms with Gasteiger partial charge in [-0.15, -0.1) is 0 Å². The summed E-state index contributed by atoms with van der Waals surface area (Å²) in [7, 11) is 0. The highest BCUT2D eigenvalue weighted by Gasteiger charge is 2.13. The predicted octanol–water partition coefficient (Wildman–Crippen LogP) is 1.47. The Labute approximate surface area is 95.9 Å². The van der Waals surface area contributed by atoms with Crippen LogP contribution in [0.3, 0.4) is 0 Å². The van der Waals surface area contributed by atoms with Gasteiger partial charge in [-0.1, -0.05) is 32.6 Å². The molecule has 0 aliphatic rings. The van der Waals surface area contributed by atoms with Gasteiger partial charge in [0.1, 0.15) is 0 Å². The second-order valence-corrected chi connectivity index (χ2v) is 3.92. The van der Waals surface area contributed by atoms with Gasteiger partial charge < -0.3 is 15.5 Å². The van der Waals surface area contributed by atoms with E-state index >= 15 is 0 Å². The van der Waals surface area contributed by atoms with Crippen LogP contribution in [0, 0.1) is 0 Å². The van der Waals surface area contributed by atoms with Crippen molar-refractivity contribution in [2.75, 3.05) is 6.54 Å². The molecular formula is C11H21NO4. The maximum absolute atomic E-state index is 10.6. The third kappa shape index (κ3) is 9.45. The number of aliphatic carboxylic acids is 2. The Balaban J connectivity index is 3.80. The molecular weight excluding hydrogens is 210 g/mol. The maximum Gasteiger partial charge on any atom is 0.317 e. The fraction of sp³-hybridized carbons (Fsp3) is 0.818. The van der Waals surface area contributed by atoms with E-state index in [0.29, 0.717) is 0 Å². The van der Waals surface area contributed by atoms with Crippen molar-refractivity contribution in [2.24, 2.45) is 0 Å². The van der Waals surface area contributed by atoms with Crippen LogP contribution in [0.5, 0.6) is 0 Å². The van der Waals surface area contributed by atoms with Crippen LogP contribution in [-0.4, -0.2) is 34.7 Å². The summed E-state index contributed by atoms with van der Waals surface area (Å²) in [4.78, 5) is 20.9. The molecule has 5 heteroatoms. The molecule has 3 N–H and O–H groups in total. The van der Waals surface area contributed by atoms with Crippen LogP contribution in [0.25, 0.3) is 0 Å². The molecule has 0 heterocycles. The van der Waals surface area contributed by atoms with Crippen molar-refractivity contribution in [3.8, 4) is 0 Å². The third-order valence-electron chi connectivity index (χ3n) is 2.37. The van der Waals surface area contributed by atoms with Gasteiger partial charge in [-0.25, -0.2) is 0 Å². The Morgan fingerprint density at radius 2 is 1.81 bits per heavy atom. The van der Waals surface area contributed by atoms with Crippen LogP contribution in [0.1, 0.15) is 45.4 Å². The van der Waals surface area contributed by atoms with Gasteiger partial charge in [0.05, 0.1) is 13.0 Å². The van der Waals surface area contributed by atoms with E-state index in [1.807, 2.05) is 0 Å². The topological polar surface area (TPSA) is 86.6 Å². The van der Waals surface area contributed by atoms with Crippen molar-refractivity contribution in [1.82, 2.24) is 5.32 Å². The van der Waals surface area contributed by atoms with Crippen LogP contribution < -0.4 is 5.32 Å². The standard InChI is InChI=1S/C11H21NO4/c1-2-3-4-5-6-9(7-10(13)14)12-8-11(15)16/h9,12H,2-8H2,1H3,(H,13,14)(H,15,16). The van der Waals surface area contributed by atoms with E-state index < -0.39 is 11.9 Å². The Hall–Kier alpha value is -1.10. The summed E-state index contributed by atoms with van der Waals surface area (Å²) >= 11 is 0. The van der Waals surface area contributed by atoms with E-state index in [-0.39, 0.29) is 19.0 Å². The van der Waals surface area contributed by atoms with Crippen LogP contribution in [-0.2, 0) is 9.59 Å². The Kier molecular flexibility index (Phi) is 8.52. The molecule has 16 heavy (non-hydrogen) atoms. The zero-order valence-corrected chi connectivity index (χ0v) is 9.74. The number of carbonyl (C=O) groups is 2. The number of hydrogen-bond donors (Lipinski definition) is 3. The Bertz CT molecular complexity index is 218. The van der Waals surface area contributed by atoms with E-state index in [0.717, 1.165) is 32.1 Å². The second kappa shape index (κ2) is 9.15. The number of rotatable bonds is 10. The Morgan fingerprint density at radius 1 is 1.12 bits per heavy atom. The zero-order chi connectivity index (χ0) is 12.4. The van der Waals surface area contributed by atoms with Gasteiger partial charge in [0, 0.05) is 6.04 Å². The average molecular weight is 231 g/mol. The number of nitrogens with one attached hydrogen (secondary N) is 1. The highest BCUT2D eigenvalue weighted by atomic mass is 16.4. The molecule has 0 radical (unpaired) electrons. The summed E-state index contributed by atoms with van der Waals surface area (Å²) in [5.74, 6) is -1.85. The van der Waals surface area contributed by atoms with E-state index in [2.05, 4.69) is 12.2 Å². The first-order valence-corrected chi connectivity index (χ1v) is 5.73. The summed E-state index contributed by atoms with van der Waals surface area (Å²) in [6, 6.07) is -0.231. The molecule has 0 saturated carbocycles. The van der Waals surface area contributed by atoms with E-state index in [1.54, 1.807) is 0 Å². The first-order valence-electron chi connectivity index (χ1n) is 5.73. The molecule has 1 unspecified atom stereocenters. The van der Waals surface area contributed by atoms with Gasteiger partial charge in [-0.05, 0) is 6.42 Å². The molecule has 5 nitrogen and oxygen atoms in total. The molecule has 1 atom stereocenters. The van der Waals surface area contributed by atoms with E-state index in [4.69, 9.17) is 10.2 Å². The molecule has 0 aliphatic heterocycles. The largest absolute Gasteiger partial charge is 0.481 e. The summed E-state index contributed by atoms with van der Waals surface area (Å²) in [6.07, 6.45) is 4.99. The van der Waals surface area contributed by atoms with Crippen molar-refractivity contribution in [3.63, 3.8) is 0 Å². The summed E-state index contributed by atoms with van der Waals surface area (Å²) in [6.45, 7) is 1.93. The lowest BCUT2D eigenvalue weighted by Gasteiger charge is -2.15. The van der Waals surface area contributed by atoms with Gasteiger partial charge >= 0.3 is 11.9 Å². The van der Waals surface area contributed by atoms with Crippen molar-refractivity contribution in [3.05, 3.63) is 0 Å². The van der Waals surface area contributed by atoms with Crippen LogP contribution in [0.4, 0.5) is 0 Å². The highest BCUT2D eigenvalue weighted by molar-refractivity contribution is 5.70. The SMILES string of the molecule is CCCCCCC(CC(=O)O)NCC(=O)O. The monoisotopic (exact) mass is 231 g/mol. The van der Waals surface area contributed by atoms with Crippen molar-refractivity contribution in [1.29, 1.82) is 0 Å². The van der Waals surface area contributed by atoms with Crippen molar-refractivity contribution >= 4 is 11.9 Å². The second-order valence-electron chi connectivity index (χ2n) is 3.92. The number of carboxylic acid groups (broad SMARTS) is 2. The fourth-order valence-corrected chi connectivity index (χ4v) is 1.54. The smallest absolute Gasteiger partial charge is 0.317 e. The lowest BCUT2D eigenvalue weighted by atomic mass is 10.0. The summed E-state index contributed by atoms with van der Waals surface area (Å²) in [5.41, 5.74) is 0. The van der Waals surface area contributed by atoms with Crippen LogP contribution in [0.2, 0.25) is 0 Å². The molecule has 0 bridgehead atoms. The average Bonchev–Trinajstić information content (AvgIpc) is 2.19. The lowest BCUT2D eigenvalue weighted by Crippen LogP contribution is -2.35. The van der Waals surface area contributed by atoms with Gasteiger partial charge in [0.25, 0.3) is 0 Å². The minimum absolute atomic E-state index is 0.0145. The van der Waals surface area contributed by atoms with Crippen LogP contribution in [0.15, 0.2) is 0 Å². The summed E-state index contributed by atoms with van der Waals surface area (Å²) in [5, 5.41) is 19.9. The highest BCUT2D eigenvalue weighted by Crippen LogP contribution is 2.08. The molecule has 0 aromatic carbocycles. The molecule has 0 saturated heterocycles. The fourth-order valence-electron chi connectivity index (χ4n) is 1.54. The summed E-state index contributed by atoms with van der Waals surface area (Å²) < 4.78 is 0. The number of hydrogen-bond acceptors (Lipinski definition) is 3. The van der Waals surface area contributed by atoms with Crippen LogP contribution >= 0.6 is 0 Å². The van der Waals surface area contributed by atoms with Crippen molar-refractivity contribution in [2.45, 2.75) is 51.5 Å². The van der Waals surface area contributed by atoms with Gasteiger partial charge in [0.2, 0.25) is 0 Å². The van der Waals surface area contributed by atoms with E-state index in [1.165, 1.54) is 0 Å².